The van der Waals surface area contributed by atoms with E-state index in [-0.39, 0.29) is 0 Å². The molecule has 0 amide bonds. The molecule has 2 nitrogen and oxygen atoms in total. The van der Waals surface area contributed by atoms with Crippen molar-refractivity contribution in [1.82, 2.24) is 0 Å². The molecule has 1 saturated carbocycles. The van der Waals surface area contributed by atoms with Crippen molar-refractivity contribution in [3.63, 3.8) is 0 Å². The van der Waals surface area contributed by atoms with Crippen LogP contribution in [0.3, 0.4) is 0 Å². The average molecular weight is 251 g/mol. The molecule has 0 saturated heterocycles. The van der Waals surface area contributed by atoms with Gasteiger partial charge in [-0.25, -0.2) is 0 Å². The van der Waals surface area contributed by atoms with Gasteiger partial charge in [-0.1, -0.05) is 18.9 Å². The second-order valence-corrected chi connectivity index (χ2v) is 5.20. The monoisotopic (exact) mass is 251 g/mol. The topological polar surface area (TPSA) is 25.2 Å². The first-order valence-electron chi connectivity index (χ1n) is 6.65. The summed E-state index contributed by atoms with van der Waals surface area (Å²) in [5.74, 6) is 6.15. The first-order valence-corrected chi connectivity index (χ1v) is 6.65. The lowest BCUT2D eigenvalue weighted by Gasteiger charge is -2.04. The molecule has 1 aromatic heterocycles. The number of hydrogen-bond acceptors (Lipinski definition) is 2. The smallest absolute Gasteiger partial charge is 0.123 e. The minimum Gasteiger partial charge on any atom is -0.464 e. The molecule has 96 valence electrons. The summed E-state index contributed by atoms with van der Waals surface area (Å²) >= 11 is 0. The highest BCUT2D eigenvalue weighted by atomic mass is 16.3. The molecule has 1 heterocycles. The fourth-order valence-corrected chi connectivity index (χ4v) is 2.32. The van der Waals surface area contributed by atoms with Gasteiger partial charge in [0.25, 0.3) is 0 Å². The second-order valence-electron chi connectivity index (χ2n) is 5.20. The number of benzene rings is 1. The van der Waals surface area contributed by atoms with Crippen LogP contribution in [0.4, 0.5) is 5.69 Å². The van der Waals surface area contributed by atoms with Crippen LogP contribution in [0.15, 0.2) is 40.8 Å². The van der Waals surface area contributed by atoms with Crippen molar-refractivity contribution in [3.05, 3.63) is 53.5 Å². The maximum atomic E-state index is 5.85. The molecule has 1 N–H and O–H groups in total. The van der Waals surface area contributed by atoms with Crippen LogP contribution in [0, 0.1) is 18.3 Å². The molecule has 2 atom stereocenters. The normalized spacial score (nSPS) is 20.8. The van der Waals surface area contributed by atoms with Gasteiger partial charge >= 0.3 is 0 Å². The highest BCUT2D eigenvalue weighted by Crippen LogP contribution is 2.47. The number of hydrogen-bond donors (Lipinski definition) is 1. The Morgan fingerprint density at radius 3 is 2.95 bits per heavy atom. The van der Waals surface area contributed by atoms with Crippen molar-refractivity contribution in [3.8, 4) is 12.3 Å². The molecule has 0 aliphatic heterocycles. The van der Waals surface area contributed by atoms with E-state index in [0.717, 1.165) is 28.7 Å². The van der Waals surface area contributed by atoms with Crippen LogP contribution < -0.4 is 5.32 Å². The first-order chi connectivity index (χ1) is 9.26. The summed E-state index contributed by atoms with van der Waals surface area (Å²) in [7, 11) is 0. The number of furan rings is 1. The number of terminal acetylenes is 1. The van der Waals surface area contributed by atoms with Crippen LogP contribution in [0.5, 0.6) is 0 Å². The average Bonchev–Trinajstić information content (AvgIpc) is 2.99. The van der Waals surface area contributed by atoms with Crippen molar-refractivity contribution < 1.29 is 4.42 Å². The molecule has 2 aromatic rings. The molecule has 1 aromatic carbocycles. The Morgan fingerprint density at radius 1 is 1.37 bits per heavy atom. The maximum absolute atomic E-state index is 5.85. The van der Waals surface area contributed by atoms with Crippen LogP contribution in [-0.2, 0) is 6.54 Å². The number of anilines is 1. The van der Waals surface area contributed by atoms with Gasteiger partial charge in [0.05, 0.1) is 6.54 Å². The quantitative estimate of drug-likeness (QED) is 0.831. The Balaban J connectivity index is 1.62. The molecule has 0 spiro atoms. The summed E-state index contributed by atoms with van der Waals surface area (Å²) in [6, 6.07) is 12.0. The van der Waals surface area contributed by atoms with Crippen LogP contribution >= 0.6 is 0 Å². The summed E-state index contributed by atoms with van der Waals surface area (Å²) in [6.07, 6.45) is 6.64. The van der Waals surface area contributed by atoms with E-state index in [2.05, 4.69) is 30.3 Å². The minimum absolute atomic E-state index is 0.638. The SMILES string of the molecule is C#Cc1cccc(NCc2ccc(C3CC3C)o2)c1. The standard InChI is InChI=1S/C17H17NO/c1-3-13-5-4-6-14(10-13)18-11-15-7-8-17(19-15)16-9-12(16)2/h1,4-8,10,12,16,18H,9,11H2,2H3. The van der Waals surface area contributed by atoms with Crippen LogP contribution in [-0.4, -0.2) is 0 Å². The van der Waals surface area contributed by atoms with Crippen molar-refractivity contribution >= 4 is 5.69 Å². The zero-order valence-corrected chi connectivity index (χ0v) is 11.0. The summed E-state index contributed by atoms with van der Waals surface area (Å²) in [4.78, 5) is 0. The zero-order chi connectivity index (χ0) is 13.2. The summed E-state index contributed by atoms with van der Waals surface area (Å²) < 4.78 is 5.85. The third-order valence-corrected chi connectivity index (χ3v) is 3.65. The molecule has 19 heavy (non-hydrogen) atoms. The van der Waals surface area contributed by atoms with E-state index in [1.807, 2.05) is 24.3 Å². The molecule has 1 fully saturated rings. The third-order valence-electron chi connectivity index (χ3n) is 3.65. The van der Waals surface area contributed by atoms with Gasteiger partial charge in [0, 0.05) is 17.2 Å². The third kappa shape index (κ3) is 2.66. The molecule has 1 aliphatic rings. The Hall–Kier alpha value is -2.14. The minimum atomic E-state index is 0.638. The zero-order valence-electron chi connectivity index (χ0n) is 11.0. The predicted octanol–water partition coefficient (Wildman–Crippen LogP) is 4.00. The van der Waals surface area contributed by atoms with E-state index in [4.69, 9.17) is 10.8 Å². The van der Waals surface area contributed by atoms with E-state index in [1.54, 1.807) is 0 Å². The maximum Gasteiger partial charge on any atom is 0.123 e. The highest BCUT2D eigenvalue weighted by Gasteiger charge is 2.36. The lowest BCUT2D eigenvalue weighted by atomic mass is 10.2. The van der Waals surface area contributed by atoms with E-state index in [9.17, 15) is 0 Å². The fourth-order valence-electron chi connectivity index (χ4n) is 2.32. The molecule has 2 heteroatoms. The Morgan fingerprint density at radius 2 is 2.21 bits per heavy atom. The highest BCUT2D eigenvalue weighted by molar-refractivity contribution is 5.50. The summed E-state index contributed by atoms with van der Waals surface area (Å²) in [6.45, 7) is 2.95. The molecular formula is C17H17NO. The molecular weight excluding hydrogens is 234 g/mol. The second kappa shape index (κ2) is 4.85. The Kier molecular flexibility index (Phi) is 3.05. The number of rotatable bonds is 4. The predicted molar refractivity (Wildman–Crippen MR) is 76.9 cm³/mol. The largest absolute Gasteiger partial charge is 0.464 e. The van der Waals surface area contributed by atoms with Crippen LogP contribution in [0.1, 0.15) is 36.3 Å². The summed E-state index contributed by atoms with van der Waals surface area (Å²) in [5, 5.41) is 3.33. The van der Waals surface area contributed by atoms with E-state index in [1.165, 1.54) is 6.42 Å². The lowest BCUT2D eigenvalue weighted by molar-refractivity contribution is 0.468. The Bertz CT molecular complexity index is 620. The van der Waals surface area contributed by atoms with Gasteiger partial charge in [0.15, 0.2) is 0 Å². The van der Waals surface area contributed by atoms with Gasteiger partial charge in [-0.15, -0.1) is 6.42 Å². The van der Waals surface area contributed by atoms with Gasteiger partial charge in [-0.3, -0.25) is 0 Å². The van der Waals surface area contributed by atoms with Crippen molar-refractivity contribution in [2.24, 2.45) is 5.92 Å². The molecule has 3 rings (SSSR count). The van der Waals surface area contributed by atoms with Gasteiger partial charge in [-0.2, -0.15) is 0 Å². The molecule has 1 aliphatic carbocycles. The first kappa shape index (κ1) is 11.9. The lowest BCUT2D eigenvalue weighted by Crippen LogP contribution is -1.98. The molecule has 0 bridgehead atoms. The van der Waals surface area contributed by atoms with Gasteiger partial charge < -0.3 is 9.73 Å². The van der Waals surface area contributed by atoms with Gasteiger partial charge in [0.1, 0.15) is 11.5 Å². The van der Waals surface area contributed by atoms with Gasteiger partial charge in [0.2, 0.25) is 0 Å². The van der Waals surface area contributed by atoms with Crippen LogP contribution in [0.2, 0.25) is 0 Å². The number of nitrogens with one attached hydrogen (secondary N) is 1. The van der Waals surface area contributed by atoms with Crippen LogP contribution in [0.25, 0.3) is 0 Å². The van der Waals surface area contributed by atoms with E-state index >= 15 is 0 Å². The fraction of sp³-hybridized carbons (Fsp3) is 0.294. The van der Waals surface area contributed by atoms with Crippen molar-refractivity contribution in [1.29, 1.82) is 0 Å². The van der Waals surface area contributed by atoms with Gasteiger partial charge in [-0.05, 0) is 42.7 Å². The van der Waals surface area contributed by atoms with Crippen molar-refractivity contribution in [2.45, 2.75) is 25.8 Å². The van der Waals surface area contributed by atoms with Crippen molar-refractivity contribution in [2.75, 3.05) is 5.32 Å². The summed E-state index contributed by atoms with van der Waals surface area (Å²) in [5.41, 5.74) is 1.91. The van der Waals surface area contributed by atoms with E-state index < -0.39 is 0 Å². The van der Waals surface area contributed by atoms with E-state index in [0.29, 0.717) is 12.5 Å². The molecule has 0 radical (unpaired) electrons. The molecule has 2 unspecified atom stereocenters. The Labute approximate surface area is 113 Å².